The fourth-order valence-corrected chi connectivity index (χ4v) is 1.74. The molecule has 2 nitrogen and oxygen atoms in total. The highest BCUT2D eigenvalue weighted by atomic mass is 19.1. The first kappa shape index (κ1) is 10.3. The topological polar surface area (TPSA) is 43.1 Å². The minimum atomic E-state index is -0.331. The number of rotatable bonds is 3. The molecule has 0 heterocycles. The van der Waals surface area contributed by atoms with E-state index in [0.29, 0.717) is 23.8 Å². The molecule has 0 amide bonds. The van der Waals surface area contributed by atoms with Crippen LogP contribution in [-0.4, -0.2) is 11.8 Å². The molecule has 0 unspecified atom stereocenters. The van der Waals surface area contributed by atoms with Gasteiger partial charge in [0.25, 0.3) is 0 Å². The first-order valence-corrected chi connectivity index (χ1v) is 5.07. The Morgan fingerprint density at radius 2 is 2.20 bits per heavy atom. The van der Waals surface area contributed by atoms with Crippen LogP contribution in [-0.2, 0) is 6.42 Å². The van der Waals surface area contributed by atoms with Gasteiger partial charge in [-0.15, -0.1) is 0 Å². The second-order valence-corrected chi connectivity index (χ2v) is 4.46. The van der Waals surface area contributed by atoms with Crippen LogP contribution in [0.15, 0.2) is 12.1 Å². The van der Waals surface area contributed by atoms with Gasteiger partial charge in [0.05, 0.1) is 0 Å². The molecule has 0 radical (unpaired) electrons. The smallest absolute Gasteiger partial charge is 0.150 e. The maximum absolute atomic E-state index is 13.2. The Morgan fingerprint density at radius 1 is 1.53 bits per heavy atom. The fourth-order valence-electron chi connectivity index (χ4n) is 1.74. The van der Waals surface area contributed by atoms with Crippen molar-refractivity contribution in [2.24, 2.45) is 5.73 Å². The van der Waals surface area contributed by atoms with Gasteiger partial charge in [-0.25, -0.2) is 4.39 Å². The molecule has 0 spiro atoms. The molecule has 1 aliphatic carbocycles. The van der Waals surface area contributed by atoms with Crippen molar-refractivity contribution in [1.82, 2.24) is 0 Å². The quantitative estimate of drug-likeness (QED) is 0.770. The molecule has 15 heavy (non-hydrogen) atoms. The predicted molar refractivity (Wildman–Crippen MR) is 56.4 cm³/mol. The van der Waals surface area contributed by atoms with Crippen LogP contribution in [0.2, 0.25) is 0 Å². The predicted octanol–water partition coefficient (Wildman–Crippen LogP) is 1.98. The molecule has 1 saturated carbocycles. The minimum absolute atomic E-state index is 0.151. The summed E-state index contributed by atoms with van der Waals surface area (Å²) in [6, 6.07) is 3.02. The van der Waals surface area contributed by atoms with Crippen molar-refractivity contribution in [3.63, 3.8) is 0 Å². The van der Waals surface area contributed by atoms with Crippen LogP contribution in [0.4, 0.5) is 4.39 Å². The summed E-state index contributed by atoms with van der Waals surface area (Å²) in [5, 5.41) is 0. The Hall–Kier alpha value is -1.22. The van der Waals surface area contributed by atoms with Crippen LogP contribution >= 0.6 is 0 Å². The molecule has 80 valence electrons. The van der Waals surface area contributed by atoms with Crippen molar-refractivity contribution >= 4 is 6.29 Å². The van der Waals surface area contributed by atoms with E-state index in [-0.39, 0.29) is 11.4 Å². The Morgan fingerprint density at radius 3 is 2.73 bits per heavy atom. The molecule has 2 rings (SSSR count). The normalized spacial score (nSPS) is 17.5. The summed E-state index contributed by atoms with van der Waals surface area (Å²) in [5.41, 5.74) is 7.69. The third-order valence-corrected chi connectivity index (χ3v) is 2.98. The van der Waals surface area contributed by atoms with Gasteiger partial charge in [-0.3, -0.25) is 4.79 Å². The van der Waals surface area contributed by atoms with Crippen LogP contribution in [0.3, 0.4) is 0 Å². The number of aryl methyl sites for hydroxylation is 1. The Kier molecular flexibility index (Phi) is 2.35. The summed E-state index contributed by atoms with van der Waals surface area (Å²) in [5.74, 6) is -0.331. The van der Waals surface area contributed by atoms with Gasteiger partial charge >= 0.3 is 0 Å². The molecule has 0 bridgehead atoms. The summed E-state index contributed by atoms with van der Waals surface area (Å²) in [6.07, 6.45) is 3.34. The highest BCUT2D eigenvalue weighted by molar-refractivity contribution is 5.77. The number of nitrogens with two attached hydrogens (primary N) is 1. The second-order valence-electron chi connectivity index (χ2n) is 4.46. The average molecular weight is 207 g/mol. The third kappa shape index (κ3) is 2.07. The standard InChI is InChI=1S/C12H14FNO/c1-8-4-9(6-12(14)2-3-12)10(7-15)5-11(8)13/h4-5,7H,2-3,6,14H2,1H3. The number of hydrogen-bond acceptors (Lipinski definition) is 2. The lowest BCUT2D eigenvalue weighted by Crippen LogP contribution is -2.25. The Bertz CT molecular complexity index is 410. The molecule has 1 aromatic rings. The monoisotopic (exact) mass is 207 g/mol. The van der Waals surface area contributed by atoms with Crippen molar-refractivity contribution < 1.29 is 9.18 Å². The minimum Gasteiger partial charge on any atom is -0.325 e. The van der Waals surface area contributed by atoms with Gasteiger partial charge < -0.3 is 5.73 Å². The zero-order valence-corrected chi connectivity index (χ0v) is 8.72. The molecule has 3 heteroatoms. The Balaban J connectivity index is 2.36. The molecule has 0 atom stereocenters. The molecule has 2 N–H and O–H groups in total. The van der Waals surface area contributed by atoms with E-state index in [1.54, 1.807) is 13.0 Å². The van der Waals surface area contributed by atoms with Crippen molar-refractivity contribution in [2.75, 3.05) is 0 Å². The largest absolute Gasteiger partial charge is 0.325 e. The van der Waals surface area contributed by atoms with Gasteiger partial charge in [-0.05, 0) is 43.4 Å². The first-order chi connectivity index (χ1) is 7.04. The lowest BCUT2D eigenvalue weighted by molar-refractivity contribution is 0.112. The van der Waals surface area contributed by atoms with E-state index in [1.807, 2.05) is 0 Å². The van der Waals surface area contributed by atoms with E-state index in [9.17, 15) is 9.18 Å². The van der Waals surface area contributed by atoms with Crippen molar-refractivity contribution in [1.29, 1.82) is 0 Å². The van der Waals surface area contributed by atoms with E-state index in [0.717, 1.165) is 18.4 Å². The summed E-state index contributed by atoms with van der Waals surface area (Å²) < 4.78 is 13.2. The summed E-state index contributed by atoms with van der Waals surface area (Å²) >= 11 is 0. The number of carbonyl (C=O) groups is 1. The number of carbonyl (C=O) groups excluding carboxylic acids is 1. The summed E-state index contributed by atoms with van der Waals surface area (Å²) in [6.45, 7) is 1.70. The average Bonchev–Trinajstić information content (AvgIpc) is 2.89. The lowest BCUT2D eigenvalue weighted by atomic mass is 9.97. The van der Waals surface area contributed by atoms with Crippen LogP contribution < -0.4 is 5.73 Å². The van der Waals surface area contributed by atoms with Gasteiger partial charge in [0, 0.05) is 11.1 Å². The Labute approximate surface area is 88.3 Å². The summed E-state index contributed by atoms with van der Waals surface area (Å²) in [7, 11) is 0. The molecule has 0 aromatic heterocycles. The fraction of sp³-hybridized carbons (Fsp3) is 0.417. The van der Waals surface area contributed by atoms with E-state index in [4.69, 9.17) is 5.73 Å². The third-order valence-electron chi connectivity index (χ3n) is 2.98. The maximum atomic E-state index is 13.2. The molecule has 0 saturated heterocycles. The number of halogens is 1. The van der Waals surface area contributed by atoms with Gasteiger partial charge in [0.1, 0.15) is 12.1 Å². The van der Waals surface area contributed by atoms with E-state index in [1.165, 1.54) is 6.07 Å². The van der Waals surface area contributed by atoms with Crippen LogP contribution in [0, 0.1) is 12.7 Å². The number of benzene rings is 1. The maximum Gasteiger partial charge on any atom is 0.150 e. The zero-order valence-electron chi connectivity index (χ0n) is 8.72. The molecule has 0 aliphatic heterocycles. The van der Waals surface area contributed by atoms with Gasteiger partial charge in [-0.2, -0.15) is 0 Å². The van der Waals surface area contributed by atoms with Gasteiger partial charge in [0.2, 0.25) is 0 Å². The van der Waals surface area contributed by atoms with E-state index < -0.39 is 0 Å². The van der Waals surface area contributed by atoms with E-state index >= 15 is 0 Å². The van der Waals surface area contributed by atoms with Crippen LogP contribution in [0.5, 0.6) is 0 Å². The summed E-state index contributed by atoms with van der Waals surface area (Å²) in [4.78, 5) is 10.8. The molecule has 1 aromatic carbocycles. The zero-order chi connectivity index (χ0) is 11.1. The highest BCUT2D eigenvalue weighted by Crippen LogP contribution is 2.36. The first-order valence-electron chi connectivity index (χ1n) is 5.07. The van der Waals surface area contributed by atoms with E-state index in [2.05, 4.69) is 0 Å². The van der Waals surface area contributed by atoms with Crippen molar-refractivity contribution in [2.45, 2.75) is 31.7 Å². The van der Waals surface area contributed by atoms with Crippen molar-refractivity contribution in [3.8, 4) is 0 Å². The van der Waals surface area contributed by atoms with Crippen molar-refractivity contribution in [3.05, 3.63) is 34.6 Å². The lowest BCUT2D eigenvalue weighted by Gasteiger charge is -2.11. The second kappa shape index (κ2) is 3.42. The highest BCUT2D eigenvalue weighted by Gasteiger charge is 2.38. The van der Waals surface area contributed by atoms with Gasteiger partial charge in [0.15, 0.2) is 0 Å². The molecular formula is C12H14FNO. The number of hydrogen-bond donors (Lipinski definition) is 1. The molecule has 1 aliphatic rings. The SMILES string of the molecule is Cc1cc(CC2(N)CC2)c(C=O)cc1F. The van der Waals surface area contributed by atoms with Crippen LogP contribution in [0.1, 0.15) is 34.3 Å². The number of aldehydes is 1. The molecular weight excluding hydrogens is 193 g/mol. The van der Waals surface area contributed by atoms with Gasteiger partial charge in [-0.1, -0.05) is 6.07 Å². The molecule has 1 fully saturated rings. The van der Waals surface area contributed by atoms with Crippen LogP contribution in [0.25, 0.3) is 0 Å².